The summed E-state index contributed by atoms with van der Waals surface area (Å²) in [5.74, 6) is -1.44. The summed E-state index contributed by atoms with van der Waals surface area (Å²) in [5.41, 5.74) is 2.80. The van der Waals surface area contributed by atoms with Crippen molar-refractivity contribution in [1.29, 1.82) is 0 Å². The fraction of sp³-hybridized carbons (Fsp3) is 0.368. The van der Waals surface area contributed by atoms with Crippen LogP contribution in [0.5, 0.6) is 5.75 Å². The third kappa shape index (κ3) is 8.13. The normalized spacial score (nSPS) is 17.0. The molecule has 57 heavy (non-hydrogen) atoms. The second-order valence-electron chi connectivity index (χ2n) is 13.9. The van der Waals surface area contributed by atoms with E-state index in [4.69, 9.17) is 4.74 Å². The Kier molecular flexibility index (Phi) is 11.2. The van der Waals surface area contributed by atoms with E-state index in [0.717, 1.165) is 36.5 Å². The number of nitrogens with one attached hydrogen (secondary N) is 5. The maximum absolute atomic E-state index is 13.3. The van der Waals surface area contributed by atoms with E-state index in [0.29, 0.717) is 47.5 Å². The third-order valence-electron chi connectivity index (χ3n) is 10.2. The minimum absolute atomic E-state index is 0.0165. The highest BCUT2D eigenvalue weighted by molar-refractivity contribution is 6.23. The van der Waals surface area contributed by atoms with Gasteiger partial charge in [0, 0.05) is 58.3 Å². The molecule has 5 N–H and O–H groups in total. The molecule has 5 heterocycles. The van der Waals surface area contributed by atoms with Gasteiger partial charge in [-0.1, -0.05) is 6.07 Å². The molecule has 19 nitrogen and oxygen atoms in total. The molecule has 0 saturated carbocycles. The highest BCUT2D eigenvalue weighted by Gasteiger charge is 2.44. The second-order valence-corrected chi connectivity index (χ2v) is 13.9. The van der Waals surface area contributed by atoms with Crippen LogP contribution in [0.4, 0.5) is 22.9 Å². The zero-order chi connectivity index (χ0) is 40.2. The van der Waals surface area contributed by atoms with Crippen LogP contribution in [0.3, 0.4) is 0 Å². The van der Waals surface area contributed by atoms with Crippen molar-refractivity contribution in [3.05, 3.63) is 65.6 Å². The number of methoxy groups -OCH3 is 1. The summed E-state index contributed by atoms with van der Waals surface area (Å²) in [6, 6.07) is 11.1. The van der Waals surface area contributed by atoms with Crippen molar-refractivity contribution in [2.24, 2.45) is 13.0 Å². The number of aromatic nitrogens is 5. The Morgan fingerprint density at radius 2 is 1.74 bits per heavy atom. The summed E-state index contributed by atoms with van der Waals surface area (Å²) < 4.78 is 7.28. The highest BCUT2D eigenvalue weighted by Crippen LogP contribution is 2.37. The summed E-state index contributed by atoms with van der Waals surface area (Å²) in [5, 5.41) is 26.6. The first kappa shape index (κ1) is 38.5. The molecule has 2 aromatic heterocycles. The van der Waals surface area contributed by atoms with Crippen molar-refractivity contribution in [2.45, 2.75) is 38.1 Å². The van der Waals surface area contributed by atoms with Gasteiger partial charge < -0.3 is 30.9 Å². The largest absolute Gasteiger partial charge is 0.494 e. The number of fused-ring (bicyclic) bond motifs is 1. The van der Waals surface area contributed by atoms with Crippen LogP contribution in [-0.2, 0) is 21.4 Å². The second kappa shape index (κ2) is 16.5. The van der Waals surface area contributed by atoms with Gasteiger partial charge in [-0.3, -0.25) is 43.7 Å². The number of para-hydroxylation sites is 1. The van der Waals surface area contributed by atoms with E-state index in [1.165, 1.54) is 20.2 Å². The maximum atomic E-state index is 13.3. The minimum Gasteiger partial charge on any atom is -0.494 e. The van der Waals surface area contributed by atoms with Crippen LogP contribution < -0.4 is 36.2 Å². The number of anilines is 4. The molecule has 3 aliphatic rings. The van der Waals surface area contributed by atoms with E-state index in [1.807, 2.05) is 12.1 Å². The molecule has 6 amide bonds. The summed E-state index contributed by atoms with van der Waals surface area (Å²) in [7, 11) is 4.77. The van der Waals surface area contributed by atoms with Gasteiger partial charge in [-0.05, 0) is 62.1 Å². The van der Waals surface area contributed by atoms with Crippen molar-refractivity contribution >= 4 is 58.3 Å². The molecular weight excluding hydrogens is 736 g/mol. The van der Waals surface area contributed by atoms with E-state index in [2.05, 4.69) is 51.8 Å². The lowest BCUT2D eigenvalue weighted by Crippen LogP contribution is -2.54. The molecular formula is C38H42N12O7. The number of imide groups is 2. The minimum atomic E-state index is -1.00. The number of carbonyl (C=O) groups excluding carboxylic acids is 6. The summed E-state index contributed by atoms with van der Waals surface area (Å²) in [6.07, 6.45) is 3.68. The molecule has 7 rings (SSSR count). The number of rotatable bonds is 13. The molecule has 3 aliphatic heterocycles. The van der Waals surface area contributed by atoms with Crippen LogP contribution in [0.25, 0.3) is 11.4 Å². The lowest BCUT2D eigenvalue weighted by molar-refractivity contribution is -0.136. The Hall–Kier alpha value is -6.76. The van der Waals surface area contributed by atoms with Gasteiger partial charge in [-0.2, -0.15) is 5.10 Å². The number of benzene rings is 2. The summed E-state index contributed by atoms with van der Waals surface area (Å²) >= 11 is 0. The van der Waals surface area contributed by atoms with Crippen LogP contribution in [0.15, 0.2) is 48.8 Å². The fourth-order valence-corrected chi connectivity index (χ4v) is 7.24. The number of hydrogen-bond donors (Lipinski definition) is 5. The van der Waals surface area contributed by atoms with Crippen LogP contribution in [0.1, 0.15) is 63.3 Å². The first-order valence-electron chi connectivity index (χ1n) is 18.6. The SMILES string of the molecule is CNC(=O)c1nnc(NC(=O)CCNCC2CCN(c3ccc4c(c3)C(=O)N(C3CCC(=O)NC3=O)C4=O)CC2)cc1Nc1cccc(-c2ncn(C)n2)c1OC. The molecule has 0 bridgehead atoms. The molecule has 2 saturated heterocycles. The monoisotopic (exact) mass is 778 g/mol. The van der Waals surface area contributed by atoms with Gasteiger partial charge in [0.2, 0.25) is 17.7 Å². The molecule has 1 unspecified atom stereocenters. The zero-order valence-corrected chi connectivity index (χ0v) is 31.6. The predicted molar refractivity (Wildman–Crippen MR) is 206 cm³/mol. The van der Waals surface area contributed by atoms with Gasteiger partial charge in [-0.25, -0.2) is 4.98 Å². The number of nitrogens with zero attached hydrogens (tertiary/aromatic N) is 7. The van der Waals surface area contributed by atoms with Crippen LogP contribution in [0, 0.1) is 5.92 Å². The Labute approximate surface area is 326 Å². The Balaban J connectivity index is 0.898. The number of carbonyl (C=O) groups is 6. The molecule has 19 heteroatoms. The Bertz CT molecular complexity index is 2250. The number of amides is 6. The fourth-order valence-electron chi connectivity index (χ4n) is 7.24. The number of aryl methyl sites for hydroxylation is 1. The Morgan fingerprint density at radius 3 is 2.46 bits per heavy atom. The first-order chi connectivity index (χ1) is 27.5. The molecule has 2 aromatic carbocycles. The van der Waals surface area contributed by atoms with E-state index < -0.39 is 35.6 Å². The van der Waals surface area contributed by atoms with Crippen molar-refractivity contribution < 1.29 is 33.5 Å². The van der Waals surface area contributed by atoms with Gasteiger partial charge in [0.05, 0.1) is 35.2 Å². The van der Waals surface area contributed by atoms with Crippen LogP contribution >= 0.6 is 0 Å². The van der Waals surface area contributed by atoms with Gasteiger partial charge in [0.15, 0.2) is 23.1 Å². The average Bonchev–Trinajstić information content (AvgIpc) is 3.75. The number of piperidine rings is 2. The number of hydrogen-bond acceptors (Lipinski definition) is 14. The topological polar surface area (TPSA) is 235 Å². The molecule has 4 aromatic rings. The predicted octanol–water partition coefficient (Wildman–Crippen LogP) is 1.62. The van der Waals surface area contributed by atoms with E-state index in [-0.39, 0.29) is 47.8 Å². The van der Waals surface area contributed by atoms with Crippen molar-refractivity contribution in [3.8, 4) is 17.1 Å². The van der Waals surface area contributed by atoms with E-state index in [9.17, 15) is 28.8 Å². The molecule has 2 fully saturated rings. The van der Waals surface area contributed by atoms with Crippen molar-refractivity contribution in [2.75, 3.05) is 55.9 Å². The molecule has 0 aliphatic carbocycles. The molecule has 1 atom stereocenters. The summed E-state index contributed by atoms with van der Waals surface area (Å²) in [6.45, 7) is 2.61. The van der Waals surface area contributed by atoms with Gasteiger partial charge in [0.1, 0.15) is 12.4 Å². The average molecular weight is 779 g/mol. The van der Waals surface area contributed by atoms with Crippen molar-refractivity contribution in [1.82, 2.24) is 45.8 Å². The smallest absolute Gasteiger partial charge is 0.273 e. The first-order valence-corrected chi connectivity index (χ1v) is 18.6. The van der Waals surface area contributed by atoms with Crippen molar-refractivity contribution in [3.63, 3.8) is 0 Å². The van der Waals surface area contributed by atoms with E-state index in [1.54, 1.807) is 42.3 Å². The third-order valence-corrected chi connectivity index (χ3v) is 10.2. The lowest BCUT2D eigenvalue weighted by atomic mass is 9.96. The van der Waals surface area contributed by atoms with Gasteiger partial charge >= 0.3 is 0 Å². The zero-order valence-electron chi connectivity index (χ0n) is 31.6. The Morgan fingerprint density at radius 1 is 0.947 bits per heavy atom. The van der Waals surface area contributed by atoms with Gasteiger partial charge in [0.25, 0.3) is 17.7 Å². The lowest BCUT2D eigenvalue weighted by Gasteiger charge is -2.34. The van der Waals surface area contributed by atoms with Gasteiger partial charge in [-0.15, -0.1) is 10.2 Å². The standard InChI is InChI=1S/C38H42N12O7/c1-39-36(54)32-27(42-26-6-4-5-24(33(26)57-3)34-41-20-48(2)47-34)18-29(45-46-32)43-31(52)11-14-40-19-21-12-15-49(16-13-21)22-7-8-23-25(17-22)38(56)50(37(23)55)28-9-10-30(51)44-35(28)53/h4-8,17-18,20-21,28,40H,9-16,19H2,1-3H3,(H,39,54)(H,44,51,53)(H2,42,43,45,52). The number of ether oxygens (including phenoxy) is 1. The maximum Gasteiger partial charge on any atom is 0.273 e. The van der Waals surface area contributed by atoms with Crippen LogP contribution in [0.2, 0.25) is 0 Å². The summed E-state index contributed by atoms with van der Waals surface area (Å²) in [4.78, 5) is 83.4. The van der Waals surface area contributed by atoms with Crippen LogP contribution in [-0.4, -0.2) is 112 Å². The highest BCUT2D eigenvalue weighted by atomic mass is 16.5. The molecule has 296 valence electrons. The quantitative estimate of drug-likeness (QED) is 0.0959. The van der Waals surface area contributed by atoms with E-state index >= 15 is 0 Å². The molecule has 0 radical (unpaired) electrons. The molecule has 0 spiro atoms.